The van der Waals surface area contributed by atoms with Gasteiger partial charge in [-0.1, -0.05) is 32.6 Å². The molecule has 2 fully saturated rings. The molecule has 2 rings (SSSR count). The minimum absolute atomic E-state index is 0.00982. The minimum Gasteiger partial charge on any atom is -0.375 e. The first-order valence-electron chi connectivity index (χ1n) is 7.09. The van der Waals surface area contributed by atoms with Gasteiger partial charge in [0.25, 0.3) is 0 Å². The predicted octanol–water partition coefficient (Wildman–Crippen LogP) is 2.72. The van der Waals surface area contributed by atoms with Crippen LogP contribution < -0.4 is 0 Å². The number of carbonyl (C=O) groups is 1. The normalized spacial score (nSPS) is 35.4. The summed E-state index contributed by atoms with van der Waals surface area (Å²) in [7, 11) is 0. The lowest BCUT2D eigenvalue weighted by Crippen LogP contribution is -2.35. The van der Waals surface area contributed by atoms with Gasteiger partial charge in [-0.2, -0.15) is 0 Å². The van der Waals surface area contributed by atoms with Crippen molar-refractivity contribution in [2.75, 3.05) is 6.61 Å². The highest BCUT2D eigenvalue weighted by molar-refractivity contribution is 5.57. The van der Waals surface area contributed by atoms with Crippen LogP contribution in [-0.4, -0.2) is 31.2 Å². The highest BCUT2D eigenvalue weighted by atomic mass is 16.6. The molecule has 0 aliphatic carbocycles. The number of unbranched alkanes of at least 4 members (excludes halogenated alkanes) is 4. The van der Waals surface area contributed by atoms with E-state index in [0.717, 1.165) is 32.2 Å². The first-order valence-corrected chi connectivity index (χ1v) is 7.09. The third kappa shape index (κ3) is 3.08. The Bertz CT molecular complexity index is 242. The molecular weight excluding hydrogens is 216 g/mol. The highest BCUT2D eigenvalue weighted by Gasteiger charge is 2.49. The number of carbonyl (C=O) groups excluding carboxylic acids is 1. The molecule has 0 aromatic carbocycles. The average Bonchev–Trinajstić information content (AvgIpc) is 2.93. The molecule has 2 bridgehead atoms. The van der Waals surface area contributed by atoms with E-state index >= 15 is 0 Å². The van der Waals surface area contributed by atoms with Gasteiger partial charge in [0, 0.05) is 6.61 Å². The van der Waals surface area contributed by atoms with E-state index in [1.54, 1.807) is 0 Å². The quantitative estimate of drug-likeness (QED) is 0.483. The van der Waals surface area contributed by atoms with Gasteiger partial charge in [0.2, 0.25) is 0 Å². The maximum absolute atomic E-state index is 11.0. The van der Waals surface area contributed by atoms with Crippen LogP contribution in [0.1, 0.15) is 51.9 Å². The fourth-order valence-corrected chi connectivity index (χ4v) is 2.98. The van der Waals surface area contributed by atoms with Crippen LogP contribution in [-0.2, 0) is 14.3 Å². The Morgan fingerprint density at radius 1 is 1.18 bits per heavy atom. The Morgan fingerprint density at radius 2 is 1.94 bits per heavy atom. The highest BCUT2D eigenvalue weighted by Crippen LogP contribution is 2.39. The molecule has 4 atom stereocenters. The molecule has 17 heavy (non-hydrogen) atoms. The molecular formula is C14H24O3. The number of fused-ring (bicyclic) bond motifs is 2. The van der Waals surface area contributed by atoms with Crippen molar-refractivity contribution in [3.63, 3.8) is 0 Å². The van der Waals surface area contributed by atoms with Crippen LogP contribution in [0.5, 0.6) is 0 Å². The van der Waals surface area contributed by atoms with E-state index in [2.05, 4.69) is 6.92 Å². The molecule has 0 unspecified atom stereocenters. The van der Waals surface area contributed by atoms with Crippen LogP contribution in [0.4, 0.5) is 0 Å². The molecule has 0 aromatic rings. The zero-order valence-electron chi connectivity index (χ0n) is 10.8. The second-order valence-corrected chi connectivity index (χ2v) is 5.25. The SMILES string of the molecule is CCCCCCCO[C@@H]1[C@@H](C=O)[C@H]2CC[C@@H]1O2. The molecule has 2 aliphatic heterocycles. The van der Waals surface area contributed by atoms with Crippen LogP contribution in [0.2, 0.25) is 0 Å². The summed E-state index contributed by atoms with van der Waals surface area (Å²) < 4.78 is 11.6. The summed E-state index contributed by atoms with van der Waals surface area (Å²) in [5, 5.41) is 0. The third-order valence-corrected chi connectivity index (χ3v) is 3.98. The molecule has 0 spiro atoms. The molecule has 98 valence electrons. The molecule has 0 saturated carbocycles. The molecule has 0 amide bonds. The zero-order valence-corrected chi connectivity index (χ0v) is 10.8. The smallest absolute Gasteiger partial charge is 0.128 e. The standard InChI is InChI=1S/C14H24O3/c1-2-3-4-5-6-9-16-14-11(10-15)12-7-8-13(14)17-12/h10-14H,2-9H2,1H3/t11-,12+,13-,14+/m0/s1. The molecule has 0 N–H and O–H groups in total. The molecule has 2 aliphatic rings. The van der Waals surface area contributed by atoms with Crippen molar-refractivity contribution >= 4 is 6.29 Å². The fraction of sp³-hybridized carbons (Fsp3) is 0.929. The largest absolute Gasteiger partial charge is 0.375 e. The second-order valence-electron chi connectivity index (χ2n) is 5.25. The number of rotatable bonds is 8. The maximum Gasteiger partial charge on any atom is 0.128 e. The molecule has 3 nitrogen and oxygen atoms in total. The Morgan fingerprint density at radius 3 is 2.71 bits per heavy atom. The fourth-order valence-electron chi connectivity index (χ4n) is 2.98. The summed E-state index contributed by atoms with van der Waals surface area (Å²) in [6, 6.07) is 0. The Balaban J connectivity index is 1.63. The first-order chi connectivity index (χ1) is 8.36. The van der Waals surface area contributed by atoms with Crippen molar-refractivity contribution < 1.29 is 14.3 Å². The Labute approximate surface area is 104 Å². The molecule has 0 radical (unpaired) electrons. The van der Waals surface area contributed by atoms with Gasteiger partial charge < -0.3 is 14.3 Å². The number of aldehydes is 1. The second kappa shape index (κ2) is 6.50. The third-order valence-electron chi connectivity index (χ3n) is 3.98. The van der Waals surface area contributed by atoms with Crippen molar-refractivity contribution in [3.05, 3.63) is 0 Å². The van der Waals surface area contributed by atoms with E-state index in [0.29, 0.717) is 0 Å². The molecule has 2 heterocycles. The summed E-state index contributed by atoms with van der Waals surface area (Å²) in [5.41, 5.74) is 0. The summed E-state index contributed by atoms with van der Waals surface area (Å²) in [6.07, 6.45) is 9.73. The van der Waals surface area contributed by atoms with Crippen molar-refractivity contribution in [2.24, 2.45) is 5.92 Å². The van der Waals surface area contributed by atoms with Gasteiger partial charge in [-0.3, -0.25) is 0 Å². The van der Waals surface area contributed by atoms with Gasteiger partial charge in [0.1, 0.15) is 6.29 Å². The van der Waals surface area contributed by atoms with Gasteiger partial charge in [-0.25, -0.2) is 0 Å². The van der Waals surface area contributed by atoms with Gasteiger partial charge >= 0.3 is 0 Å². The topological polar surface area (TPSA) is 35.5 Å². The summed E-state index contributed by atoms with van der Waals surface area (Å²) in [5.74, 6) is -0.00982. The minimum atomic E-state index is -0.00982. The van der Waals surface area contributed by atoms with Crippen molar-refractivity contribution in [2.45, 2.75) is 70.2 Å². The van der Waals surface area contributed by atoms with Crippen molar-refractivity contribution in [1.29, 1.82) is 0 Å². The van der Waals surface area contributed by atoms with Gasteiger partial charge in [-0.05, 0) is 19.3 Å². The number of ether oxygens (including phenoxy) is 2. The van der Waals surface area contributed by atoms with Crippen LogP contribution >= 0.6 is 0 Å². The van der Waals surface area contributed by atoms with E-state index in [1.807, 2.05) is 0 Å². The van der Waals surface area contributed by atoms with E-state index < -0.39 is 0 Å². The van der Waals surface area contributed by atoms with Crippen LogP contribution in [0.25, 0.3) is 0 Å². The Hall–Kier alpha value is -0.410. The van der Waals surface area contributed by atoms with Gasteiger partial charge in [-0.15, -0.1) is 0 Å². The number of hydrogen-bond acceptors (Lipinski definition) is 3. The lowest BCUT2D eigenvalue weighted by atomic mass is 9.87. The van der Waals surface area contributed by atoms with Crippen molar-refractivity contribution in [3.8, 4) is 0 Å². The summed E-state index contributed by atoms with van der Waals surface area (Å²) >= 11 is 0. The van der Waals surface area contributed by atoms with Gasteiger partial charge in [0.05, 0.1) is 24.2 Å². The van der Waals surface area contributed by atoms with Gasteiger partial charge in [0.15, 0.2) is 0 Å². The molecule has 0 aromatic heterocycles. The van der Waals surface area contributed by atoms with Crippen LogP contribution in [0, 0.1) is 5.92 Å². The first kappa shape index (κ1) is 13.0. The zero-order chi connectivity index (χ0) is 12.1. The van der Waals surface area contributed by atoms with E-state index in [-0.39, 0.29) is 24.2 Å². The van der Waals surface area contributed by atoms with E-state index in [4.69, 9.17) is 9.47 Å². The molecule has 3 heteroatoms. The maximum atomic E-state index is 11.0. The summed E-state index contributed by atoms with van der Waals surface area (Å²) in [4.78, 5) is 11.0. The average molecular weight is 240 g/mol. The molecule has 2 saturated heterocycles. The van der Waals surface area contributed by atoms with E-state index in [1.165, 1.54) is 25.7 Å². The van der Waals surface area contributed by atoms with Crippen LogP contribution in [0.15, 0.2) is 0 Å². The van der Waals surface area contributed by atoms with E-state index in [9.17, 15) is 4.79 Å². The monoisotopic (exact) mass is 240 g/mol. The van der Waals surface area contributed by atoms with Crippen LogP contribution in [0.3, 0.4) is 0 Å². The Kier molecular flexibility index (Phi) is 4.99. The summed E-state index contributed by atoms with van der Waals surface area (Å²) in [6.45, 7) is 3.00. The lowest BCUT2D eigenvalue weighted by molar-refractivity contribution is -0.116. The predicted molar refractivity (Wildman–Crippen MR) is 65.9 cm³/mol. The lowest BCUT2D eigenvalue weighted by Gasteiger charge is -2.24. The number of hydrogen-bond donors (Lipinski definition) is 0. The van der Waals surface area contributed by atoms with Crippen molar-refractivity contribution in [1.82, 2.24) is 0 Å².